The van der Waals surface area contributed by atoms with E-state index in [2.05, 4.69) is 16.3 Å². The van der Waals surface area contributed by atoms with Gasteiger partial charge in [-0.05, 0) is 110 Å². The van der Waals surface area contributed by atoms with Crippen LogP contribution in [0.5, 0.6) is 0 Å². The predicted octanol–water partition coefficient (Wildman–Crippen LogP) is 5.58. The first-order valence-corrected chi connectivity index (χ1v) is 15.8. The van der Waals surface area contributed by atoms with Crippen molar-refractivity contribution in [1.82, 2.24) is 15.1 Å². The second-order valence-corrected chi connectivity index (χ2v) is 12.7. The number of likely N-dealkylation sites (tertiary alicyclic amines) is 1. The van der Waals surface area contributed by atoms with Gasteiger partial charge in [-0.25, -0.2) is 8.78 Å². The summed E-state index contributed by atoms with van der Waals surface area (Å²) in [4.78, 5) is 32.6. The summed E-state index contributed by atoms with van der Waals surface area (Å²) in [5, 5.41) is 5.23. The number of amides is 2. The smallest absolute Gasteiger partial charge is 0.254 e. The normalized spacial score (nSPS) is 22.7. The molecule has 9 heteroatoms. The summed E-state index contributed by atoms with van der Waals surface area (Å²) in [6.07, 6.45) is 5.41. The Balaban J connectivity index is 1.34. The SMILES string of the molecule is NCC1CCC(CNC(=O)[C@H]2CC(N(Cc3ccc(F)cc3)Cc3cccs3)CCN2C(=O)c2ccc(F)cc2)CC1. The fourth-order valence-corrected chi connectivity index (χ4v) is 7.03. The van der Waals surface area contributed by atoms with Crippen molar-refractivity contribution in [3.05, 3.63) is 93.7 Å². The summed E-state index contributed by atoms with van der Waals surface area (Å²) in [5.74, 6) is -0.116. The van der Waals surface area contributed by atoms with Crippen LogP contribution in [0.3, 0.4) is 0 Å². The van der Waals surface area contributed by atoms with E-state index in [1.54, 1.807) is 28.4 Å². The van der Waals surface area contributed by atoms with Crippen LogP contribution in [-0.4, -0.2) is 53.3 Å². The molecule has 1 aliphatic carbocycles. The maximum Gasteiger partial charge on any atom is 0.254 e. The molecule has 2 fully saturated rings. The van der Waals surface area contributed by atoms with Crippen LogP contribution in [0.25, 0.3) is 0 Å². The first kappa shape index (κ1) is 30.3. The number of thiophene rings is 1. The Morgan fingerprint density at radius 3 is 2.21 bits per heavy atom. The van der Waals surface area contributed by atoms with Gasteiger partial charge in [-0.1, -0.05) is 18.2 Å². The van der Waals surface area contributed by atoms with E-state index in [9.17, 15) is 18.4 Å². The van der Waals surface area contributed by atoms with E-state index < -0.39 is 11.9 Å². The van der Waals surface area contributed by atoms with E-state index >= 15 is 0 Å². The van der Waals surface area contributed by atoms with E-state index in [4.69, 9.17) is 5.73 Å². The molecule has 1 unspecified atom stereocenters. The van der Waals surface area contributed by atoms with Crippen molar-refractivity contribution in [1.29, 1.82) is 0 Å². The van der Waals surface area contributed by atoms with Gasteiger partial charge < -0.3 is 16.0 Å². The monoisotopic (exact) mass is 594 g/mol. The Morgan fingerprint density at radius 2 is 1.57 bits per heavy atom. The number of piperidine rings is 1. The van der Waals surface area contributed by atoms with Crippen molar-refractivity contribution < 1.29 is 18.4 Å². The third kappa shape index (κ3) is 7.82. The van der Waals surface area contributed by atoms with Gasteiger partial charge in [-0.2, -0.15) is 0 Å². The largest absolute Gasteiger partial charge is 0.354 e. The maximum atomic E-state index is 13.8. The fourth-order valence-electron chi connectivity index (χ4n) is 6.30. The van der Waals surface area contributed by atoms with E-state index in [1.165, 1.54) is 41.3 Å². The third-order valence-corrected chi connectivity index (χ3v) is 9.71. The Morgan fingerprint density at radius 1 is 0.905 bits per heavy atom. The summed E-state index contributed by atoms with van der Waals surface area (Å²) in [5.41, 5.74) is 7.22. The van der Waals surface area contributed by atoms with E-state index in [0.29, 0.717) is 63.0 Å². The molecular formula is C33H40F2N4O2S. The molecule has 1 aliphatic heterocycles. The summed E-state index contributed by atoms with van der Waals surface area (Å²) >= 11 is 1.68. The minimum absolute atomic E-state index is 0.0326. The van der Waals surface area contributed by atoms with Crippen molar-refractivity contribution in [3.8, 4) is 0 Å². The van der Waals surface area contributed by atoms with Crippen LogP contribution in [0.4, 0.5) is 8.78 Å². The van der Waals surface area contributed by atoms with Gasteiger partial charge >= 0.3 is 0 Å². The van der Waals surface area contributed by atoms with Gasteiger partial charge in [0.1, 0.15) is 17.7 Å². The zero-order chi connectivity index (χ0) is 29.5. The van der Waals surface area contributed by atoms with Crippen LogP contribution in [-0.2, 0) is 17.9 Å². The Kier molecular flexibility index (Phi) is 10.4. The molecule has 1 saturated carbocycles. The summed E-state index contributed by atoms with van der Waals surface area (Å²) in [7, 11) is 0. The van der Waals surface area contributed by atoms with Crippen molar-refractivity contribution in [2.24, 2.45) is 17.6 Å². The summed E-state index contributed by atoms with van der Waals surface area (Å²) in [6.45, 7) is 3.01. The van der Waals surface area contributed by atoms with E-state index in [-0.39, 0.29) is 23.7 Å². The minimum atomic E-state index is -0.652. The predicted molar refractivity (Wildman–Crippen MR) is 162 cm³/mol. The van der Waals surface area contributed by atoms with E-state index in [0.717, 1.165) is 31.2 Å². The Hall–Kier alpha value is -3.14. The Bertz CT molecular complexity index is 1290. The van der Waals surface area contributed by atoms with E-state index in [1.807, 2.05) is 11.4 Å². The molecule has 1 aromatic heterocycles. The lowest BCUT2D eigenvalue weighted by molar-refractivity contribution is -0.128. The highest BCUT2D eigenvalue weighted by molar-refractivity contribution is 7.09. The molecular weight excluding hydrogens is 554 g/mol. The highest BCUT2D eigenvalue weighted by Crippen LogP contribution is 2.30. The number of nitrogens with one attached hydrogen (secondary N) is 1. The summed E-state index contributed by atoms with van der Waals surface area (Å²) in [6, 6.07) is 15.6. The average Bonchev–Trinajstić information content (AvgIpc) is 3.54. The molecule has 1 saturated heterocycles. The number of rotatable bonds is 10. The fraction of sp³-hybridized carbons (Fsp3) is 0.455. The molecule has 0 bridgehead atoms. The van der Waals surface area contributed by atoms with Gasteiger partial charge in [0.15, 0.2) is 0 Å². The summed E-state index contributed by atoms with van der Waals surface area (Å²) < 4.78 is 27.2. The van der Waals surface area contributed by atoms with Crippen LogP contribution in [0, 0.1) is 23.5 Å². The lowest BCUT2D eigenvalue weighted by atomic mass is 9.82. The molecule has 2 aromatic carbocycles. The zero-order valence-electron chi connectivity index (χ0n) is 23.9. The van der Waals surface area contributed by atoms with Crippen LogP contribution in [0.15, 0.2) is 66.0 Å². The first-order chi connectivity index (χ1) is 20.4. The third-order valence-electron chi connectivity index (χ3n) is 8.85. The van der Waals surface area contributed by atoms with Crippen LogP contribution < -0.4 is 11.1 Å². The van der Waals surface area contributed by atoms with Crippen LogP contribution in [0.2, 0.25) is 0 Å². The van der Waals surface area contributed by atoms with Crippen LogP contribution in [0.1, 0.15) is 59.3 Å². The van der Waals surface area contributed by atoms with Gasteiger partial charge in [0, 0.05) is 42.7 Å². The molecule has 3 aromatic rings. The molecule has 3 N–H and O–H groups in total. The first-order valence-electron chi connectivity index (χ1n) is 14.9. The Labute approximate surface area is 250 Å². The number of carbonyl (C=O) groups is 2. The lowest BCUT2D eigenvalue weighted by Gasteiger charge is -2.43. The number of carbonyl (C=O) groups excluding carboxylic acids is 2. The van der Waals surface area contributed by atoms with Crippen molar-refractivity contribution >= 4 is 23.2 Å². The van der Waals surface area contributed by atoms with Crippen LogP contribution >= 0.6 is 11.3 Å². The second-order valence-electron chi connectivity index (χ2n) is 11.7. The number of hydrogen-bond acceptors (Lipinski definition) is 5. The molecule has 2 aliphatic rings. The average molecular weight is 595 g/mol. The maximum absolute atomic E-state index is 13.8. The molecule has 0 radical (unpaired) electrons. The standard InChI is InChI=1S/C33H40F2N4O2S/c34-27-11-7-25(8-12-27)21-38(22-30-2-1-17-42-30)29-15-16-39(33(41)26-9-13-28(35)14-10-26)31(18-29)32(40)37-20-24-5-3-23(19-36)4-6-24/h1-2,7-14,17,23-24,29,31H,3-6,15-16,18-22,36H2,(H,37,40)/t23?,24?,29?,31-/m1/s1. The number of hydrogen-bond donors (Lipinski definition) is 2. The molecule has 224 valence electrons. The highest BCUT2D eigenvalue weighted by Gasteiger charge is 2.39. The number of benzene rings is 2. The van der Waals surface area contributed by atoms with Gasteiger partial charge in [0.2, 0.25) is 5.91 Å². The van der Waals surface area contributed by atoms with Crippen molar-refractivity contribution in [2.75, 3.05) is 19.6 Å². The molecule has 42 heavy (non-hydrogen) atoms. The second kappa shape index (κ2) is 14.4. The molecule has 2 amide bonds. The minimum Gasteiger partial charge on any atom is -0.354 e. The molecule has 6 nitrogen and oxygen atoms in total. The zero-order valence-corrected chi connectivity index (χ0v) is 24.7. The van der Waals surface area contributed by atoms with Crippen molar-refractivity contribution in [2.45, 2.75) is 63.7 Å². The number of nitrogens with two attached hydrogens (primary N) is 1. The molecule has 5 rings (SSSR count). The topological polar surface area (TPSA) is 78.7 Å². The molecule has 0 spiro atoms. The quantitative estimate of drug-likeness (QED) is 0.321. The van der Waals surface area contributed by atoms with Gasteiger partial charge in [-0.15, -0.1) is 11.3 Å². The van der Waals surface area contributed by atoms with Crippen molar-refractivity contribution in [3.63, 3.8) is 0 Å². The van der Waals surface area contributed by atoms with Gasteiger partial charge in [-0.3, -0.25) is 14.5 Å². The number of nitrogens with zero attached hydrogens (tertiary/aromatic N) is 2. The van der Waals surface area contributed by atoms with Gasteiger partial charge in [0.05, 0.1) is 0 Å². The molecule has 2 heterocycles. The lowest BCUT2D eigenvalue weighted by Crippen LogP contribution is -2.57. The molecule has 2 atom stereocenters. The highest BCUT2D eigenvalue weighted by atomic mass is 32.1. The van der Waals surface area contributed by atoms with Gasteiger partial charge in [0.25, 0.3) is 5.91 Å². The number of halogens is 2.